The van der Waals surface area contributed by atoms with E-state index in [4.69, 9.17) is 0 Å². The Morgan fingerprint density at radius 3 is 3.00 bits per heavy atom. The minimum Gasteiger partial charge on any atom is -0.315 e. The van der Waals surface area contributed by atoms with E-state index in [0.717, 1.165) is 5.92 Å². The molecule has 0 bridgehead atoms. The van der Waals surface area contributed by atoms with Crippen molar-refractivity contribution < 1.29 is 0 Å². The lowest BCUT2D eigenvalue weighted by Crippen LogP contribution is -2.44. The molecule has 1 atom stereocenters. The molecule has 2 nitrogen and oxygen atoms in total. The van der Waals surface area contributed by atoms with E-state index >= 15 is 0 Å². The molecule has 1 aromatic heterocycles. The van der Waals surface area contributed by atoms with E-state index in [9.17, 15) is 0 Å². The number of nitrogens with one attached hydrogen (secondary N) is 1. The fourth-order valence-corrected chi connectivity index (χ4v) is 2.82. The minimum atomic E-state index is 0.673. The summed E-state index contributed by atoms with van der Waals surface area (Å²) in [5.41, 5.74) is 0.673. The average molecular weight is 166 g/mol. The zero-order chi connectivity index (χ0) is 7.31. The molecule has 1 N–H and O–H groups in total. The van der Waals surface area contributed by atoms with E-state index in [-0.39, 0.29) is 0 Å². The Bertz CT molecular complexity index is 264. The first-order valence-electron chi connectivity index (χ1n) is 4.02. The lowest BCUT2D eigenvalue weighted by atomic mass is 9.96. The highest BCUT2D eigenvalue weighted by atomic mass is 32.1. The monoisotopic (exact) mass is 166 g/mol. The molecule has 3 rings (SSSR count). The molecular weight excluding hydrogens is 156 g/mol. The Labute approximate surface area is 69.8 Å². The normalized spacial score (nSPS) is 31.8. The zero-order valence-corrected chi connectivity index (χ0v) is 7.03. The Hall–Kier alpha value is -0.410. The second-order valence-corrected chi connectivity index (χ2v) is 4.50. The highest BCUT2D eigenvalue weighted by Gasteiger charge is 2.58. The SMILES string of the molecule is c1cc(C2CC23CNC3)sn1. The topological polar surface area (TPSA) is 24.9 Å². The summed E-state index contributed by atoms with van der Waals surface area (Å²) in [5.74, 6) is 0.844. The van der Waals surface area contributed by atoms with Crippen LogP contribution in [0.15, 0.2) is 12.3 Å². The Balaban J connectivity index is 1.84. The van der Waals surface area contributed by atoms with Crippen LogP contribution in [-0.2, 0) is 0 Å². The first-order chi connectivity index (χ1) is 5.41. The maximum atomic E-state index is 4.13. The maximum absolute atomic E-state index is 4.13. The van der Waals surface area contributed by atoms with Gasteiger partial charge in [-0.05, 0) is 24.0 Å². The van der Waals surface area contributed by atoms with E-state index < -0.39 is 0 Å². The molecule has 3 heteroatoms. The summed E-state index contributed by atoms with van der Waals surface area (Å²) in [6, 6.07) is 2.17. The number of aromatic nitrogens is 1. The highest BCUT2D eigenvalue weighted by Crippen LogP contribution is 2.62. The quantitative estimate of drug-likeness (QED) is 0.678. The molecule has 11 heavy (non-hydrogen) atoms. The number of rotatable bonds is 1. The van der Waals surface area contributed by atoms with Gasteiger partial charge in [-0.15, -0.1) is 0 Å². The minimum absolute atomic E-state index is 0.673. The second-order valence-electron chi connectivity index (χ2n) is 3.64. The molecule has 1 aromatic rings. The van der Waals surface area contributed by atoms with Crippen molar-refractivity contribution >= 4 is 11.5 Å². The fraction of sp³-hybridized carbons (Fsp3) is 0.625. The van der Waals surface area contributed by atoms with Crippen molar-refractivity contribution in [3.8, 4) is 0 Å². The number of hydrogen-bond acceptors (Lipinski definition) is 3. The van der Waals surface area contributed by atoms with Crippen LogP contribution in [-0.4, -0.2) is 17.5 Å². The molecule has 0 radical (unpaired) electrons. The number of hydrogen-bond donors (Lipinski definition) is 1. The molecule has 1 aliphatic heterocycles. The highest BCUT2D eigenvalue weighted by molar-refractivity contribution is 7.05. The lowest BCUT2D eigenvalue weighted by Gasteiger charge is -2.28. The van der Waals surface area contributed by atoms with Gasteiger partial charge in [0.05, 0.1) is 0 Å². The molecule has 2 aliphatic rings. The van der Waals surface area contributed by atoms with Crippen molar-refractivity contribution in [3.63, 3.8) is 0 Å². The summed E-state index contributed by atoms with van der Waals surface area (Å²) < 4.78 is 4.13. The third-order valence-corrected chi connectivity index (χ3v) is 3.80. The van der Waals surface area contributed by atoms with E-state index in [2.05, 4.69) is 15.8 Å². The van der Waals surface area contributed by atoms with Crippen LogP contribution in [0.5, 0.6) is 0 Å². The molecule has 1 saturated heterocycles. The van der Waals surface area contributed by atoms with Crippen molar-refractivity contribution in [1.29, 1.82) is 0 Å². The van der Waals surface area contributed by atoms with Crippen LogP contribution in [0.1, 0.15) is 17.2 Å². The van der Waals surface area contributed by atoms with Gasteiger partial charge in [-0.2, -0.15) is 0 Å². The van der Waals surface area contributed by atoms with Crippen LogP contribution in [0, 0.1) is 5.41 Å². The van der Waals surface area contributed by atoms with Gasteiger partial charge in [0, 0.05) is 35.5 Å². The molecule has 1 aliphatic carbocycles. The van der Waals surface area contributed by atoms with Gasteiger partial charge in [-0.3, -0.25) is 0 Å². The maximum Gasteiger partial charge on any atom is 0.0409 e. The third kappa shape index (κ3) is 0.726. The fourth-order valence-electron chi connectivity index (χ4n) is 1.99. The zero-order valence-electron chi connectivity index (χ0n) is 6.21. The lowest BCUT2D eigenvalue weighted by molar-refractivity contribution is 0.313. The van der Waals surface area contributed by atoms with Crippen LogP contribution in [0.2, 0.25) is 0 Å². The first-order valence-corrected chi connectivity index (χ1v) is 4.79. The van der Waals surface area contributed by atoms with Crippen molar-refractivity contribution in [3.05, 3.63) is 17.1 Å². The standard InChI is InChI=1S/C8H10N2S/c1-2-10-11-7(1)6-3-8(6)4-9-5-8/h1-2,6,9H,3-5H2. The van der Waals surface area contributed by atoms with E-state index in [1.54, 1.807) is 11.5 Å². The van der Waals surface area contributed by atoms with Gasteiger partial charge in [0.1, 0.15) is 0 Å². The summed E-state index contributed by atoms with van der Waals surface area (Å²) in [5, 5.41) is 3.34. The van der Waals surface area contributed by atoms with Crippen molar-refractivity contribution in [2.75, 3.05) is 13.1 Å². The van der Waals surface area contributed by atoms with Gasteiger partial charge in [0.2, 0.25) is 0 Å². The summed E-state index contributed by atoms with van der Waals surface area (Å²) in [4.78, 5) is 1.49. The van der Waals surface area contributed by atoms with E-state index in [0.29, 0.717) is 5.41 Å². The molecule has 0 amide bonds. The summed E-state index contributed by atoms with van der Waals surface area (Å²) in [7, 11) is 0. The van der Waals surface area contributed by atoms with Crippen LogP contribution in [0.25, 0.3) is 0 Å². The average Bonchev–Trinajstić information content (AvgIpc) is 2.50. The first kappa shape index (κ1) is 6.14. The van der Waals surface area contributed by atoms with E-state index in [1.165, 1.54) is 24.4 Å². The van der Waals surface area contributed by atoms with Crippen molar-refractivity contribution in [2.45, 2.75) is 12.3 Å². The molecule has 2 fully saturated rings. The molecule has 1 unspecified atom stereocenters. The predicted molar refractivity (Wildman–Crippen MR) is 44.8 cm³/mol. The molecule has 0 aromatic carbocycles. The van der Waals surface area contributed by atoms with Crippen LogP contribution >= 0.6 is 11.5 Å². The van der Waals surface area contributed by atoms with Crippen LogP contribution in [0.4, 0.5) is 0 Å². The molecular formula is C8H10N2S. The van der Waals surface area contributed by atoms with Gasteiger partial charge >= 0.3 is 0 Å². The van der Waals surface area contributed by atoms with Gasteiger partial charge in [0.25, 0.3) is 0 Å². The smallest absolute Gasteiger partial charge is 0.0409 e. The Morgan fingerprint density at radius 1 is 1.64 bits per heavy atom. The molecule has 2 heterocycles. The third-order valence-electron chi connectivity index (χ3n) is 2.95. The van der Waals surface area contributed by atoms with E-state index in [1.807, 2.05) is 6.20 Å². The number of nitrogens with zero attached hydrogens (tertiary/aromatic N) is 1. The Kier molecular flexibility index (Phi) is 1.03. The van der Waals surface area contributed by atoms with Gasteiger partial charge in [0.15, 0.2) is 0 Å². The van der Waals surface area contributed by atoms with Gasteiger partial charge < -0.3 is 5.32 Å². The Morgan fingerprint density at radius 2 is 2.55 bits per heavy atom. The second kappa shape index (κ2) is 1.84. The van der Waals surface area contributed by atoms with Crippen molar-refractivity contribution in [1.82, 2.24) is 9.69 Å². The van der Waals surface area contributed by atoms with Gasteiger partial charge in [-0.1, -0.05) is 0 Å². The largest absolute Gasteiger partial charge is 0.315 e. The van der Waals surface area contributed by atoms with Crippen LogP contribution < -0.4 is 5.32 Å². The predicted octanol–water partition coefficient (Wildman–Crippen LogP) is 1.22. The molecule has 1 saturated carbocycles. The summed E-state index contributed by atoms with van der Waals surface area (Å²) in [6.45, 7) is 2.46. The molecule has 1 spiro atoms. The summed E-state index contributed by atoms with van der Waals surface area (Å²) in [6.07, 6.45) is 3.31. The van der Waals surface area contributed by atoms with Crippen LogP contribution in [0.3, 0.4) is 0 Å². The van der Waals surface area contributed by atoms with Gasteiger partial charge in [-0.25, -0.2) is 4.37 Å². The van der Waals surface area contributed by atoms with Crippen molar-refractivity contribution in [2.24, 2.45) is 5.41 Å². The summed E-state index contributed by atoms with van der Waals surface area (Å²) >= 11 is 1.67. The molecule has 58 valence electrons.